The van der Waals surface area contributed by atoms with Gasteiger partial charge in [0.15, 0.2) is 0 Å². The predicted octanol–water partition coefficient (Wildman–Crippen LogP) is 3.33. The van der Waals surface area contributed by atoms with Crippen molar-refractivity contribution in [1.29, 1.82) is 0 Å². The largest absolute Gasteiger partial charge is 0.298 e. The quantitative estimate of drug-likeness (QED) is 0.442. The molecule has 0 spiro atoms. The van der Waals surface area contributed by atoms with Crippen molar-refractivity contribution >= 4 is 34.8 Å². The van der Waals surface area contributed by atoms with Gasteiger partial charge in [-0.05, 0) is 12.8 Å². The van der Waals surface area contributed by atoms with Gasteiger partial charge >= 0.3 is 0 Å². The smallest absolute Gasteiger partial charge is 0.147 e. The number of hydrogen-bond acceptors (Lipinski definition) is 2. The Morgan fingerprint density at radius 3 is 1.33 bits per heavy atom. The van der Waals surface area contributed by atoms with Gasteiger partial charge in [-0.2, -0.15) is 0 Å². The van der Waals surface area contributed by atoms with Crippen LogP contribution in [0.2, 0.25) is 0 Å². The van der Waals surface area contributed by atoms with E-state index in [-0.39, 0.29) is 23.3 Å². The first-order chi connectivity index (χ1) is 7.20. The average molecular weight is 253 g/mol. The van der Waals surface area contributed by atoms with E-state index in [4.69, 9.17) is 23.2 Å². The maximum atomic E-state index is 10.8. The van der Waals surface area contributed by atoms with Gasteiger partial charge in [0.1, 0.15) is 11.6 Å². The molecule has 0 unspecified atom stereocenters. The van der Waals surface area contributed by atoms with E-state index in [1.165, 1.54) is 0 Å². The molecule has 0 fully saturated rings. The number of hydrogen-bond donors (Lipinski definition) is 0. The van der Waals surface area contributed by atoms with Crippen LogP contribution in [0.4, 0.5) is 0 Å². The van der Waals surface area contributed by atoms with Crippen molar-refractivity contribution < 1.29 is 9.59 Å². The molecule has 4 heteroatoms. The number of carbonyl (C=O) groups excluding carboxylic acids is 2. The van der Waals surface area contributed by atoms with Crippen LogP contribution in [-0.2, 0) is 9.59 Å². The van der Waals surface area contributed by atoms with Crippen molar-refractivity contribution in [3.8, 4) is 0 Å². The molecular formula is C11H18Cl2O2. The van der Waals surface area contributed by atoms with E-state index in [9.17, 15) is 9.59 Å². The minimum Gasteiger partial charge on any atom is -0.298 e. The van der Waals surface area contributed by atoms with Crippen molar-refractivity contribution in [2.45, 2.75) is 44.9 Å². The number of alkyl halides is 2. The molecule has 0 bridgehead atoms. The summed E-state index contributed by atoms with van der Waals surface area (Å²) in [5.74, 6) is 0.497. The third-order valence-electron chi connectivity index (χ3n) is 2.21. The molecule has 0 saturated heterocycles. The summed E-state index contributed by atoms with van der Waals surface area (Å²) >= 11 is 10.7. The van der Waals surface area contributed by atoms with Gasteiger partial charge in [-0.1, -0.05) is 19.3 Å². The number of halogens is 2. The fourth-order valence-electron chi connectivity index (χ4n) is 1.31. The summed E-state index contributed by atoms with van der Waals surface area (Å²) in [5.41, 5.74) is 0. The van der Waals surface area contributed by atoms with Crippen molar-refractivity contribution in [1.82, 2.24) is 0 Å². The second-order valence-electron chi connectivity index (χ2n) is 3.61. The van der Waals surface area contributed by atoms with E-state index in [1.54, 1.807) is 0 Å². The Hall–Kier alpha value is -0.0800. The number of rotatable bonds is 10. The number of unbranched alkanes of at least 4 members (excludes halogenated alkanes) is 4. The van der Waals surface area contributed by atoms with Crippen LogP contribution in [0.5, 0.6) is 0 Å². The highest BCUT2D eigenvalue weighted by molar-refractivity contribution is 6.27. The molecule has 0 N–H and O–H groups in total. The van der Waals surface area contributed by atoms with E-state index in [2.05, 4.69) is 0 Å². The van der Waals surface area contributed by atoms with Crippen LogP contribution < -0.4 is 0 Å². The molecule has 0 atom stereocenters. The highest BCUT2D eigenvalue weighted by Gasteiger charge is 2.00. The predicted molar refractivity (Wildman–Crippen MR) is 63.8 cm³/mol. The maximum Gasteiger partial charge on any atom is 0.147 e. The van der Waals surface area contributed by atoms with Gasteiger partial charge in [0, 0.05) is 12.8 Å². The topological polar surface area (TPSA) is 34.1 Å². The molecule has 0 heterocycles. The van der Waals surface area contributed by atoms with E-state index in [0.29, 0.717) is 12.8 Å². The first kappa shape index (κ1) is 14.9. The van der Waals surface area contributed by atoms with Crippen LogP contribution >= 0.6 is 23.2 Å². The Kier molecular flexibility index (Phi) is 10.4. The Balaban J connectivity index is 3.11. The van der Waals surface area contributed by atoms with Crippen LogP contribution in [0.15, 0.2) is 0 Å². The summed E-state index contributed by atoms with van der Waals surface area (Å²) in [4.78, 5) is 21.7. The molecule has 2 nitrogen and oxygen atoms in total. The first-order valence-electron chi connectivity index (χ1n) is 5.36. The van der Waals surface area contributed by atoms with E-state index >= 15 is 0 Å². The zero-order valence-electron chi connectivity index (χ0n) is 8.94. The zero-order chi connectivity index (χ0) is 11.5. The Bertz CT molecular complexity index is 173. The van der Waals surface area contributed by atoms with Crippen molar-refractivity contribution in [2.75, 3.05) is 11.8 Å². The zero-order valence-corrected chi connectivity index (χ0v) is 10.4. The summed E-state index contributed by atoms with van der Waals surface area (Å²) in [6.07, 6.45) is 6.15. The highest BCUT2D eigenvalue weighted by Crippen LogP contribution is 2.08. The molecule has 0 rings (SSSR count). The molecule has 0 saturated carbocycles. The van der Waals surface area contributed by atoms with Crippen molar-refractivity contribution in [2.24, 2.45) is 0 Å². The molecule has 0 aliphatic rings. The van der Waals surface area contributed by atoms with Gasteiger partial charge in [0.05, 0.1) is 11.8 Å². The maximum absolute atomic E-state index is 10.8. The van der Waals surface area contributed by atoms with Crippen molar-refractivity contribution in [3.05, 3.63) is 0 Å². The number of carbonyl (C=O) groups is 2. The van der Waals surface area contributed by atoms with Gasteiger partial charge in [-0.15, -0.1) is 23.2 Å². The molecule has 0 radical (unpaired) electrons. The number of Topliss-reactive ketones (excluding diaryl/α,β-unsaturated/α-hetero) is 2. The second-order valence-corrected chi connectivity index (χ2v) is 4.15. The average Bonchev–Trinajstić information content (AvgIpc) is 2.26. The minimum atomic E-state index is 0.119. The third-order valence-corrected chi connectivity index (χ3v) is 2.81. The van der Waals surface area contributed by atoms with Crippen LogP contribution in [0, 0.1) is 0 Å². The number of ketones is 2. The standard InChI is InChI=1S/C11H18Cl2O2/c12-8-10(14)6-4-2-1-3-5-7-11(15)9-13/h1-9H2. The van der Waals surface area contributed by atoms with Crippen molar-refractivity contribution in [3.63, 3.8) is 0 Å². The van der Waals surface area contributed by atoms with Crippen LogP contribution in [0.1, 0.15) is 44.9 Å². The molecule has 0 aromatic rings. The van der Waals surface area contributed by atoms with Gasteiger partial charge in [0.2, 0.25) is 0 Å². The normalized spacial score (nSPS) is 10.3. The van der Waals surface area contributed by atoms with E-state index in [0.717, 1.165) is 32.1 Å². The lowest BCUT2D eigenvalue weighted by Gasteiger charge is -1.99. The van der Waals surface area contributed by atoms with E-state index in [1.807, 2.05) is 0 Å². The summed E-state index contributed by atoms with van der Waals surface area (Å²) in [5, 5.41) is 0. The lowest BCUT2D eigenvalue weighted by atomic mass is 10.1. The SMILES string of the molecule is O=C(CCl)CCCCCCCC(=O)CCl. The van der Waals surface area contributed by atoms with Crippen LogP contribution in [0.3, 0.4) is 0 Å². The Morgan fingerprint density at radius 2 is 1.00 bits per heavy atom. The fourth-order valence-corrected chi connectivity index (χ4v) is 1.58. The summed E-state index contributed by atoms with van der Waals surface area (Å²) in [6, 6.07) is 0. The second kappa shape index (κ2) is 10.4. The highest BCUT2D eigenvalue weighted by atomic mass is 35.5. The fraction of sp³-hybridized carbons (Fsp3) is 0.818. The minimum absolute atomic E-state index is 0.119. The van der Waals surface area contributed by atoms with Crippen LogP contribution in [0.25, 0.3) is 0 Å². The Labute approximate surface area is 101 Å². The monoisotopic (exact) mass is 252 g/mol. The summed E-state index contributed by atoms with van der Waals surface area (Å²) in [6.45, 7) is 0. The molecule has 0 aliphatic heterocycles. The van der Waals surface area contributed by atoms with Gasteiger partial charge < -0.3 is 0 Å². The molecule has 0 aromatic carbocycles. The molecular weight excluding hydrogens is 235 g/mol. The first-order valence-corrected chi connectivity index (χ1v) is 6.43. The Morgan fingerprint density at radius 1 is 0.667 bits per heavy atom. The molecule has 0 aromatic heterocycles. The molecule has 88 valence electrons. The van der Waals surface area contributed by atoms with E-state index < -0.39 is 0 Å². The van der Waals surface area contributed by atoms with Gasteiger partial charge in [0.25, 0.3) is 0 Å². The lowest BCUT2D eigenvalue weighted by Crippen LogP contribution is -1.99. The summed E-state index contributed by atoms with van der Waals surface area (Å²) in [7, 11) is 0. The molecule has 0 aliphatic carbocycles. The van der Waals surface area contributed by atoms with Crippen LogP contribution in [-0.4, -0.2) is 23.3 Å². The molecule has 0 amide bonds. The third kappa shape index (κ3) is 10.2. The summed E-state index contributed by atoms with van der Waals surface area (Å²) < 4.78 is 0. The van der Waals surface area contributed by atoms with Gasteiger partial charge in [-0.3, -0.25) is 9.59 Å². The lowest BCUT2D eigenvalue weighted by molar-refractivity contribution is -0.117. The van der Waals surface area contributed by atoms with Gasteiger partial charge in [-0.25, -0.2) is 0 Å². The molecule has 15 heavy (non-hydrogen) atoms.